The summed E-state index contributed by atoms with van der Waals surface area (Å²) in [4.78, 5) is 26.1. The molecule has 0 saturated carbocycles. The van der Waals surface area contributed by atoms with Crippen LogP contribution in [-0.2, 0) is 4.79 Å². The third kappa shape index (κ3) is 2.63. The predicted octanol–water partition coefficient (Wildman–Crippen LogP) is 3.73. The number of hydrogen-bond donors (Lipinski definition) is 1. The minimum atomic E-state index is -0.360. The van der Waals surface area contributed by atoms with Crippen LogP contribution < -0.4 is 10.2 Å². The van der Waals surface area contributed by atoms with Crippen molar-refractivity contribution in [3.63, 3.8) is 0 Å². The van der Waals surface area contributed by atoms with Crippen molar-refractivity contribution in [3.05, 3.63) is 53.8 Å². The van der Waals surface area contributed by atoms with E-state index in [1.165, 1.54) is 12.1 Å². The Bertz CT molecular complexity index is 1010. The Labute approximate surface area is 149 Å². The molecule has 26 heavy (non-hydrogen) atoms. The number of carbonyl (C=O) groups is 2. The highest BCUT2D eigenvalue weighted by atomic mass is 19.1. The Morgan fingerprint density at radius 2 is 1.96 bits per heavy atom. The molecule has 0 spiro atoms. The van der Waals surface area contributed by atoms with Gasteiger partial charge in [-0.1, -0.05) is 0 Å². The first kappa shape index (κ1) is 16.3. The molecule has 0 unspecified atom stereocenters. The molecule has 0 radical (unpaired) electrons. The van der Waals surface area contributed by atoms with Crippen LogP contribution in [0.25, 0.3) is 22.3 Å². The van der Waals surface area contributed by atoms with Crippen LogP contribution >= 0.6 is 0 Å². The number of halogens is 1. The summed E-state index contributed by atoms with van der Waals surface area (Å²) in [6.45, 7) is 0.679. The molecule has 0 bridgehead atoms. The maximum atomic E-state index is 13.2. The van der Waals surface area contributed by atoms with Gasteiger partial charge in [-0.05, 0) is 42.8 Å². The third-order valence-corrected chi connectivity index (χ3v) is 4.62. The SMILES string of the molecule is CNC(=O)c1c(-c2ccc(F)cc2)oc2cc(N3CCCC3=O)ccc12. The van der Waals surface area contributed by atoms with Crippen molar-refractivity contribution in [3.8, 4) is 11.3 Å². The lowest BCUT2D eigenvalue weighted by atomic mass is 10.0. The maximum absolute atomic E-state index is 13.2. The van der Waals surface area contributed by atoms with Gasteiger partial charge in [-0.15, -0.1) is 0 Å². The molecule has 2 aromatic carbocycles. The molecule has 2 amide bonds. The van der Waals surface area contributed by atoms with E-state index in [0.29, 0.717) is 40.8 Å². The van der Waals surface area contributed by atoms with Crippen molar-refractivity contribution in [2.24, 2.45) is 0 Å². The zero-order chi connectivity index (χ0) is 18.3. The van der Waals surface area contributed by atoms with Gasteiger partial charge >= 0.3 is 0 Å². The lowest BCUT2D eigenvalue weighted by molar-refractivity contribution is -0.117. The Morgan fingerprint density at radius 1 is 1.19 bits per heavy atom. The van der Waals surface area contributed by atoms with E-state index in [0.717, 1.165) is 12.1 Å². The smallest absolute Gasteiger partial charge is 0.255 e. The normalized spacial score (nSPS) is 14.2. The van der Waals surface area contributed by atoms with Gasteiger partial charge in [-0.2, -0.15) is 0 Å². The summed E-state index contributed by atoms with van der Waals surface area (Å²) in [5.41, 5.74) is 2.27. The van der Waals surface area contributed by atoms with E-state index in [-0.39, 0.29) is 17.6 Å². The van der Waals surface area contributed by atoms with Crippen LogP contribution in [-0.4, -0.2) is 25.4 Å². The Balaban J connectivity index is 1.89. The quantitative estimate of drug-likeness (QED) is 0.781. The fourth-order valence-electron chi connectivity index (χ4n) is 3.33. The highest BCUT2D eigenvalue weighted by Crippen LogP contribution is 2.36. The summed E-state index contributed by atoms with van der Waals surface area (Å²) in [5, 5.41) is 3.27. The number of amides is 2. The average Bonchev–Trinajstić information content (AvgIpc) is 3.24. The van der Waals surface area contributed by atoms with Crippen molar-refractivity contribution < 1.29 is 18.4 Å². The summed E-state index contributed by atoms with van der Waals surface area (Å²) in [7, 11) is 1.55. The van der Waals surface area contributed by atoms with Gasteiger partial charge in [-0.25, -0.2) is 4.39 Å². The fourth-order valence-corrected chi connectivity index (χ4v) is 3.33. The van der Waals surface area contributed by atoms with E-state index in [4.69, 9.17) is 4.42 Å². The molecule has 4 rings (SSSR count). The van der Waals surface area contributed by atoms with Crippen molar-refractivity contribution >= 4 is 28.5 Å². The molecule has 0 aliphatic carbocycles. The zero-order valence-electron chi connectivity index (χ0n) is 14.2. The molecule has 1 aliphatic heterocycles. The van der Waals surface area contributed by atoms with E-state index in [1.807, 2.05) is 6.07 Å². The Hall–Kier alpha value is -3.15. The second-order valence-corrected chi connectivity index (χ2v) is 6.22. The number of nitrogens with one attached hydrogen (secondary N) is 1. The van der Waals surface area contributed by atoms with Gasteiger partial charge in [0.05, 0.1) is 5.56 Å². The zero-order valence-corrected chi connectivity index (χ0v) is 14.2. The van der Waals surface area contributed by atoms with Crippen LogP contribution in [0.1, 0.15) is 23.2 Å². The number of rotatable bonds is 3. The molecule has 1 N–H and O–H groups in total. The monoisotopic (exact) mass is 352 g/mol. The van der Waals surface area contributed by atoms with Gasteiger partial charge in [-0.3, -0.25) is 9.59 Å². The number of carbonyl (C=O) groups excluding carboxylic acids is 2. The van der Waals surface area contributed by atoms with Crippen LogP contribution in [0.15, 0.2) is 46.9 Å². The summed E-state index contributed by atoms with van der Waals surface area (Å²) < 4.78 is 19.2. The van der Waals surface area contributed by atoms with Gasteiger partial charge in [0.25, 0.3) is 5.91 Å². The number of furan rings is 1. The first-order valence-corrected chi connectivity index (χ1v) is 8.43. The minimum Gasteiger partial charge on any atom is -0.455 e. The van der Waals surface area contributed by atoms with E-state index >= 15 is 0 Å². The first-order chi connectivity index (χ1) is 12.6. The molecule has 3 aromatic rings. The lowest BCUT2D eigenvalue weighted by Gasteiger charge is -2.15. The van der Waals surface area contributed by atoms with E-state index in [9.17, 15) is 14.0 Å². The van der Waals surface area contributed by atoms with Crippen molar-refractivity contribution in [1.29, 1.82) is 0 Å². The Kier molecular flexibility index (Phi) is 3.95. The summed E-state index contributed by atoms with van der Waals surface area (Å²) in [5.74, 6) is -0.181. The molecule has 1 aromatic heterocycles. The summed E-state index contributed by atoms with van der Waals surface area (Å²) >= 11 is 0. The molecule has 1 saturated heterocycles. The van der Waals surface area contributed by atoms with Gasteiger partial charge in [0.15, 0.2) is 0 Å². The van der Waals surface area contributed by atoms with Gasteiger partial charge in [0.1, 0.15) is 17.2 Å². The molecular formula is C20H17FN2O3. The predicted molar refractivity (Wildman–Crippen MR) is 96.6 cm³/mol. The molecule has 1 aliphatic rings. The van der Waals surface area contributed by atoms with Crippen LogP contribution in [0, 0.1) is 5.82 Å². The molecule has 0 atom stereocenters. The molecule has 132 valence electrons. The van der Waals surface area contributed by atoms with Crippen LogP contribution in [0.2, 0.25) is 0 Å². The average molecular weight is 352 g/mol. The highest BCUT2D eigenvalue weighted by molar-refractivity contribution is 6.12. The van der Waals surface area contributed by atoms with Gasteiger partial charge < -0.3 is 14.6 Å². The summed E-state index contributed by atoms with van der Waals surface area (Å²) in [6.07, 6.45) is 1.37. The standard InChI is InChI=1S/C20H17FN2O3/c1-22-20(25)18-15-9-8-14(23-10-2-3-17(23)24)11-16(15)26-19(18)12-4-6-13(21)7-5-12/h4-9,11H,2-3,10H2,1H3,(H,22,25). The minimum absolute atomic E-state index is 0.0844. The molecular weight excluding hydrogens is 335 g/mol. The van der Waals surface area contributed by atoms with E-state index in [1.54, 1.807) is 36.2 Å². The van der Waals surface area contributed by atoms with Crippen molar-refractivity contribution in [1.82, 2.24) is 5.32 Å². The lowest BCUT2D eigenvalue weighted by Crippen LogP contribution is -2.23. The highest BCUT2D eigenvalue weighted by Gasteiger charge is 2.25. The second kappa shape index (κ2) is 6.29. The van der Waals surface area contributed by atoms with Crippen molar-refractivity contribution in [2.75, 3.05) is 18.5 Å². The first-order valence-electron chi connectivity index (χ1n) is 8.43. The molecule has 6 heteroatoms. The fraction of sp³-hybridized carbons (Fsp3) is 0.200. The van der Waals surface area contributed by atoms with E-state index < -0.39 is 0 Å². The van der Waals surface area contributed by atoms with Crippen LogP contribution in [0.3, 0.4) is 0 Å². The number of hydrogen-bond acceptors (Lipinski definition) is 3. The molecule has 2 heterocycles. The van der Waals surface area contributed by atoms with Crippen LogP contribution in [0.5, 0.6) is 0 Å². The summed E-state index contributed by atoms with van der Waals surface area (Å²) in [6, 6.07) is 11.2. The Morgan fingerprint density at radius 3 is 2.62 bits per heavy atom. The third-order valence-electron chi connectivity index (χ3n) is 4.62. The van der Waals surface area contributed by atoms with Crippen molar-refractivity contribution in [2.45, 2.75) is 12.8 Å². The molecule has 5 nitrogen and oxygen atoms in total. The van der Waals surface area contributed by atoms with Crippen LogP contribution in [0.4, 0.5) is 10.1 Å². The number of nitrogens with zero attached hydrogens (tertiary/aromatic N) is 1. The van der Waals surface area contributed by atoms with E-state index in [2.05, 4.69) is 5.32 Å². The van der Waals surface area contributed by atoms with Gasteiger partial charge in [0.2, 0.25) is 5.91 Å². The second-order valence-electron chi connectivity index (χ2n) is 6.22. The topological polar surface area (TPSA) is 62.6 Å². The molecule has 1 fully saturated rings. The number of anilines is 1. The largest absolute Gasteiger partial charge is 0.455 e. The maximum Gasteiger partial charge on any atom is 0.255 e. The number of benzene rings is 2. The number of fused-ring (bicyclic) bond motifs is 1. The van der Waals surface area contributed by atoms with Gasteiger partial charge in [0, 0.05) is 42.7 Å².